The molecule has 0 fully saturated rings. The first-order chi connectivity index (χ1) is 5.02. The summed E-state index contributed by atoms with van der Waals surface area (Å²) < 4.78 is 4.67. The van der Waals surface area contributed by atoms with Gasteiger partial charge in [0.15, 0.2) is 0 Å². The van der Waals surface area contributed by atoms with Crippen LogP contribution in [-0.4, -0.2) is 18.0 Å². The largest absolute Gasteiger partial charge is 0.550 e. The van der Waals surface area contributed by atoms with Gasteiger partial charge in [0.25, 0.3) is 0 Å². The second kappa shape index (κ2) is 4.71. The van der Waals surface area contributed by atoms with Crippen LogP contribution < -0.4 is 5.11 Å². The SMILES string of the molecule is CC(C)OC(=O)CCC(=O)[O-]. The van der Waals surface area contributed by atoms with Gasteiger partial charge in [0.05, 0.1) is 12.5 Å². The Morgan fingerprint density at radius 2 is 1.91 bits per heavy atom. The first kappa shape index (κ1) is 9.94. The Bertz CT molecular complexity index is 151. The number of esters is 1. The molecule has 0 aromatic heterocycles. The Morgan fingerprint density at radius 1 is 1.36 bits per heavy atom. The molecule has 0 aliphatic carbocycles. The molecule has 0 saturated heterocycles. The fourth-order valence-electron chi connectivity index (χ4n) is 0.526. The molecule has 0 aliphatic rings. The average Bonchev–Trinajstić information content (AvgIpc) is 1.82. The third kappa shape index (κ3) is 6.83. The van der Waals surface area contributed by atoms with E-state index in [2.05, 4.69) is 4.74 Å². The first-order valence-corrected chi connectivity index (χ1v) is 3.41. The van der Waals surface area contributed by atoms with Crippen LogP contribution >= 0.6 is 0 Å². The number of hydrogen-bond acceptors (Lipinski definition) is 4. The van der Waals surface area contributed by atoms with Crippen molar-refractivity contribution in [2.45, 2.75) is 32.8 Å². The van der Waals surface area contributed by atoms with Crippen molar-refractivity contribution in [3.8, 4) is 0 Å². The van der Waals surface area contributed by atoms with Crippen molar-refractivity contribution in [2.24, 2.45) is 0 Å². The highest BCUT2D eigenvalue weighted by atomic mass is 16.5. The van der Waals surface area contributed by atoms with Gasteiger partial charge in [-0.3, -0.25) is 4.79 Å². The van der Waals surface area contributed by atoms with Crippen LogP contribution in [0.25, 0.3) is 0 Å². The molecule has 0 radical (unpaired) electrons. The molecule has 0 atom stereocenters. The molecule has 0 amide bonds. The zero-order valence-corrected chi connectivity index (χ0v) is 6.62. The predicted molar refractivity (Wildman–Crippen MR) is 35.5 cm³/mol. The number of hydrogen-bond donors (Lipinski definition) is 0. The topological polar surface area (TPSA) is 66.4 Å². The van der Waals surface area contributed by atoms with Crippen LogP contribution in [0.1, 0.15) is 26.7 Å². The van der Waals surface area contributed by atoms with E-state index in [1.807, 2.05) is 0 Å². The van der Waals surface area contributed by atoms with Crippen molar-refractivity contribution in [2.75, 3.05) is 0 Å². The summed E-state index contributed by atoms with van der Waals surface area (Å²) in [5.74, 6) is -1.73. The second-order valence-electron chi connectivity index (χ2n) is 2.41. The molecule has 0 heterocycles. The summed E-state index contributed by atoms with van der Waals surface area (Å²) in [7, 11) is 0. The van der Waals surface area contributed by atoms with Gasteiger partial charge in [-0.25, -0.2) is 0 Å². The first-order valence-electron chi connectivity index (χ1n) is 3.41. The quantitative estimate of drug-likeness (QED) is 0.517. The molecule has 0 spiro atoms. The maximum atomic E-state index is 10.6. The molecule has 0 aromatic rings. The van der Waals surface area contributed by atoms with Crippen LogP contribution in [-0.2, 0) is 14.3 Å². The summed E-state index contributed by atoms with van der Waals surface area (Å²) in [6.07, 6.45) is -0.573. The summed E-state index contributed by atoms with van der Waals surface area (Å²) in [5.41, 5.74) is 0. The molecule has 4 heteroatoms. The van der Waals surface area contributed by atoms with Gasteiger partial charge < -0.3 is 14.6 Å². The summed E-state index contributed by atoms with van der Waals surface area (Å²) in [6, 6.07) is 0. The van der Waals surface area contributed by atoms with E-state index >= 15 is 0 Å². The van der Waals surface area contributed by atoms with Crippen LogP contribution in [0.2, 0.25) is 0 Å². The Morgan fingerprint density at radius 3 is 2.27 bits per heavy atom. The number of carbonyl (C=O) groups excluding carboxylic acids is 2. The minimum absolute atomic E-state index is 0.111. The fourth-order valence-corrected chi connectivity index (χ4v) is 0.526. The van der Waals surface area contributed by atoms with Gasteiger partial charge in [-0.05, 0) is 20.3 Å². The molecule has 11 heavy (non-hydrogen) atoms. The number of carboxylic acids is 1. The Hall–Kier alpha value is -1.06. The highest BCUT2D eigenvalue weighted by Crippen LogP contribution is 1.95. The predicted octanol–water partition coefficient (Wildman–Crippen LogP) is -0.532. The lowest BCUT2D eigenvalue weighted by atomic mass is 10.3. The van der Waals surface area contributed by atoms with E-state index in [4.69, 9.17) is 0 Å². The number of aliphatic carboxylic acids is 1. The van der Waals surface area contributed by atoms with E-state index in [1.54, 1.807) is 13.8 Å². The van der Waals surface area contributed by atoms with Gasteiger partial charge in [0.2, 0.25) is 0 Å². The van der Waals surface area contributed by atoms with Crippen molar-refractivity contribution in [3.05, 3.63) is 0 Å². The summed E-state index contributed by atoms with van der Waals surface area (Å²) in [6.45, 7) is 3.41. The molecule has 64 valence electrons. The minimum Gasteiger partial charge on any atom is -0.550 e. The van der Waals surface area contributed by atoms with E-state index in [-0.39, 0.29) is 18.9 Å². The van der Waals surface area contributed by atoms with Gasteiger partial charge in [-0.15, -0.1) is 0 Å². The Balaban J connectivity index is 3.45. The lowest BCUT2D eigenvalue weighted by Crippen LogP contribution is -2.23. The molecular formula is C7H11O4-. The maximum absolute atomic E-state index is 10.6. The third-order valence-corrected chi connectivity index (χ3v) is 0.900. The van der Waals surface area contributed by atoms with Crippen molar-refractivity contribution < 1.29 is 19.4 Å². The molecule has 0 aromatic carbocycles. The van der Waals surface area contributed by atoms with Crippen LogP contribution in [0.3, 0.4) is 0 Å². The summed E-state index contributed by atoms with van der Waals surface area (Å²) in [5, 5.41) is 9.87. The lowest BCUT2D eigenvalue weighted by molar-refractivity contribution is -0.305. The Labute approximate surface area is 65.2 Å². The van der Waals surface area contributed by atoms with Crippen molar-refractivity contribution >= 4 is 11.9 Å². The van der Waals surface area contributed by atoms with Gasteiger partial charge in [0, 0.05) is 5.97 Å². The normalized spacial score (nSPS) is 9.73. The van der Waals surface area contributed by atoms with E-state index < -0.39 is 11.9 Å². The second-order valence-corrected chi connectivity index (χ2v) is 2.41. The number of carboxylic acid groups (broad SMARTS) is 1. The Kier molecular flexibility index (Phi) is 4.26. The van der Waals surface area contributed by atoms with Crippen LogP contribution in [0.4, 0.5) is 0 Å². The van der Waals surface area contributed by atoms with Gasteiger partial charge >= 0.3 is 5.97 Å². The molecule has 0 unspecified atom stereocenters. The third-order valence-electron chi connectivity index (χ3n) is 0.900. The van der Waals surface area contributed by atoms with Gasteiger partial charge in [-0.2, -0.15) is 0 Å². The van der Waals surface area contributed by atoms with E-state index in [0.717, 1.165) is 0 Å². The van der Waals surface area contributed by atoms with Crippen molar-refractivity contribution in [1.82, 2.24) is 0 Å². The lowest BCUT2D eigenvalue weighted by Gasteiger charge is -2.07. The number of rotatable bonds is 4. The monoisotopic (exact) mass is 159 g/mol. The highest BCUT2D eigenvalue weighted by molar-refractivity contribution is 5.75. The van der Waals surface area contributed by atoms with Gasteiger partial charge in [0.1, 0.15) is 0 Å². The standard InChI is InChI=1S/C7H12O4/c1-5(2)11-7(10)4-3-6(8)9/h5H,3-4H2,1-2H3,(H,8,9)/p-1. The van der Waals surface area contributed by atoms with E-state index in [1.165, 1.54) is 0 Å². The summed E-state index contributed by atoms with van der Waals surface area (Å²) >= 11 is 0. The zero-order chi connectivity index (χ0) is 8.85. The molecule has 0 aliphatic heterocycles. The molecule has 0 bridgehead atoms. The fraction of sp³-hybridized carbons (Fsp3) is 0.714. The van der Waals surface area contributed by atoms with Crippen LogP contribution in [0, 0.1) is 0 Å². The minimum atomic E-state index is -1.23. The maximum Gasteiger partial charge on any atom is 0.306 e. The van der Waals surface area contributed by atoms with E-state index in [0.29, 0.717) is 0 Å². The van der Waals surface area contributed by atoms with Crippen LogP contribution in [0.15, 0.2) is 0 Å². The molecule has 0 rings (SSSR count). The zero-order valence-electron chi connectivity index (χ0n) is 6.62. The summed E-state index contributed by atoms with van der Waals surface area (Å²) in [4.78, 5) is 20.5. The smallest absolute Gasteiger partial charge is 0.306 e. The van der Waals surface area contributed by atoms with Crippen molar-refractivity contribution in [1.29, 1.82) is 0 Å². The van der Waals surface area contributed by atoms with Crippen LogP contribution in [0.5, 0.6) is 0 Å². The molecule has 0 N–H and O–H groups in total. The average molecular weight is 159 g/mol. The highest BCUT2D eigenvalue weighted by Gasteiger charge is 2.04. The number of carbonyl (C=O) groups is 2. The molecule has 4 nitrogen and oxygen atoms in total. The molecular weight excluding hydrogens is 148 g/mol. The van der Waals surface area contributed by atoms with E-state index in [9.17, 15) is 14.7 Å². The van der Waals surface area contributed by atoms with Gasteiger partial charge in [-0.1, -0.05) is 0 Å². The van der Waals surface area contributed by atoms with Crippen molar-refractivity contribution in [3.63, 3.8) is 0 Å². The molecule has 0 saturated carbocycles. The number of ether oxygens (including phenoxy) is 1.